The molecule has 0 aromatic heterocycles. The van der Waals surface area contributed by atoms with Crippen LogP contribution in [0.15, 0.2) is 143 Å². The molecule has 2 heterocycles. The third kappa shape index (κ3) is 6.01. The van der Waals surface area contributed by atoms with E-state index in [0.29, 0.717) is 0 Å². The van der Waals surface area contributed by atoms with Gasteiger partial charge in [0.25, 0.3) is 0 Å². The van der Waals surface area contributed by atoms with Crippen molar-refractivity contribution in [3.05, 3.63) is 156 Å². The van der Waals surface area contributed by atoms with E-state index in [9.17, 15) is 0 Å². The monoisotopic (exact) mass is 606 g/mol. The van der Waals surface area contributed by atoms with E-state index >= 15 is 0 Å². The zero-order chi connectivity index (χ0) is 29.9. The highest BCUT2D eigenvalue weighted by Gasteiger charge is 2.21. The maximum atomic E-state index is 2.33. The van der Waals surface area contributed by atoms with Crippen LogP contribution in [0.3, 0.4) is 0 Å². The molecule has 0 fully saturated rings. The van der Waals surface area contributed by atoms with Crippen LogP contribution in [0.5, 0.6) is 0 Å². The summed E-state index contributed by atoms with van der Waals surface area (Å²) in [5.74, 6) is 1.93. The summed E-state index contributed by atoms with van der Waals surface area (Å²) in [6, 6.07) is 47.6. The molecule has 44 heavy (non-hydrogen) atoms. The molecule has 0 spiro atoms. The molecule has 2 aliphatic heterocycles. The van der Waals surface area contributed by atoms with E-state index in [-0.39, 0.29) is 0 Å². The summed E-state index contributed by atoms with van der Waals surface area (Å²) in [5, 5.41) is 2.59. The Morgan fingerprint density at radius 1 is 0.455 bits per heavy atom. The lowest BCUT2D eigenvalue weighted by atomic mass is 10.1. The molecule has 2 nitrogen and oxygen atoms in total. The van der Waals surface area contributed by atoms with Gasteiger partial charge in [-0.3, -0.25) is 0 Å². The van der Waals surface area contributed by atoms with Gasteiger partial charge in [0.15, 0.2) is 24.2 Å². The first kappa shape index (κ1) is 28.4. The molecule has 0 atom stereocenters. The van der Waals surface area contributed by atoms with Crippen molar-refractivity contribution in [1.29, 1.82) is 0 Å². The molecule has 2 aliphatic rings. The second kappa shape index (κ2) is 12.7. The fraction of sp³-hybridized carbons (Fsp3) is 0.100. The Morgan fingerprint density at radius 3 is 1.61 bits per heavy atom. The lowest BCUT2D eigenvalue weighted by Gasteiger charge is -2.13. The highest BCUT2D eigenvalue weighted by Crippen LogP contribution is 2.33. The van der Waals surface area contributed by atoms with Gasteiger partial charge in [-0.15, -0.1) is 0 Å². The SMILES string of the molecule is Cc1cccc2c1SC[N+](c1ccc(-c3ccccc3)cc1)=C2.Cc1cccc2c1SC[N+](c1ccc3ccccc3c1)=C2. The Balaban J connectivity index is 0.000000143. The fourth-order valence-corrected chi connectivity index (χ4v) is 7.91. The number of fused-ring (bicyclic) bond motifs is 3. The molecular formula is C40H34N2S2+2. The fourth-order valence-electron chi connectivity index (χ4n) is 5.76. The number of nitrogens with zero attached hydrogens (tertiary/aromatic N) is 2. The first-order valence-electron chi connectivity index (χ1n) is 14.9. The normalized spacial score (nSPS) is 13.6. The molecule has 4 heteroatoms. The van der Waals surface area contributed by atoms with Gasteiger partial charge in [-0.25, -0.2) is 0 Å². The smallest absolute Gasteiger partial charge is 0.188 e. The summed E-state index contributed by atoms with van der Waals surface area (Å²) in [7, 11) is 0. The molecule has 214 valence electrons. The van der Waals surface area contributed by atoms with Crippen LogP contribution >= 0.6 is 23.5 Å². The quantitative estimate of drug-likeness (QED) is 0.185. The van der Waals surface area contributed by atoms with E-state index in [1.165, 1.54) is 65.3 Å². The van der Waals surface area contributed by atoms with Crippen molar-refractivity contribution in [3.8, 4) is 11.1 Å². The van der Waals surface area contributed by atoms with Gasteiger partial charge in [0, 0.05) is 34.1 Å². The van der Waals surface area contributed by atoms with Crippen LogP contribution in [0, 0.1) is 13.8 Å². The minimum Gasteiger partial charge on any atom is -0.188 e. The molecule has 0 N–H and O–H groups in total. The van der Waals surface area contributed by atoms with Gasteiger partial charge in [-0.05, 0) is 77.2 Å². The van der Waals surface area contributed by atoms with Crippen LogP contribution in [0.2, 0.25) is 0 Å². The van der Waals surface area contributed by atoms with Gasteiger partial charge < -0.3 is 0 Å². The maximum absolute atomic E-state index is 2.33. The van der Waals surface area contributed by atoms with Crippen molar-refractivity contribution in [2.75, 3.05) is 11.8 Å². The molecule has 0 unspecified atom stereocenters. The number of hydrogen-bond acceptors (Lipinski definition) is 2. The molecule has 0 bridgehead atoms. The summed E-state index contributed by atoms with van der Waals surface area (Å²) >= 11 is 3.83. The molecule has 0 radical (unpaired) electrons. The maximum Gasteiger partial charge on any atom is 0.206 e. The zero-order valence-corrected chi connectivity index (χ0v) is 26.6. The van der Waals surface area contributed by atoms with E-state index in [1.54, 1.807) is 0 Å². The zero-order valence-electron chi connectivity index (χ0n) is 25.0. The van der Waals surface area contributed by atoms with Gasteiger partial charge in [0.05, 0.1) is 11.1 Å². The second-order valence-corrected chi connectivity index (χ2v) is 13.1. The van der Waals surface area contributed by atoms with Crippen LogP contribution in [0.25, 0.3) is 21.9 Å². The average Bonchev–Trinajstić information content (AvgIpc) is 3.09. The second-order valence-electron chi connectivity index (χ2n) is 11.2. The molecular weight excluding hydrogens is 573 g/mol. The van der Waals surface area contributed by atoms with E-state index in [1.807, 2.05) is 23.5 Å². The predicted octanol–water partition coefficient (Wildman–Crippen LogP) is 10.5. The molecule has 6 aromatic carbocycles. The van der Waals surface area contributed by atoms with Crippen LogP contribution < -0.4 is 0 Å². The highest BCUT2D eigenvalue weighted by atomic mass is 32.2. The first-order chi connectivity index (χ1) is 21.6. The minimum absolute atomic E-state index is 0.961. The van der Waals surface area contributed by atoms with E-state index in [0.717, 1.165) is 11.8 Å². The molecule has 6 aromatic rings. The molecule has 0 aliphatic carbocycles. The van der Waals surface area contributed by atoms with E-state index < -0.39 is 0 Å². The van der Waals surface area contributed by atoms with Crippen LogP contribution in [-0.4, -0.2) is 33.3 Å². The standard InChI is InChI=1S/C21H18NS.C19H16NS/c1-16-6-5-9-19-14-22(15-23-21(16)19)20-12-10-18(11-13-20)17-7-3-2-4-8-17;1-14-5-4-8-17-12-20(13-21-19(14)17)18-10-9-15-6-2-3-7-16(15)11-18/h2-14H,15H2,1H3;2-12H,13H2,1H3/q2*+1. The van der Waals surface area contributed by atoms with Crippen molar-refractivity contribution in [1.82, 2.24) is 0 Å². The van der Waals surface area contributed by atoms with Gasteiger partial charge in [-0.2, -0.15) is 9.15 Å². The summed E-state index contributed by atoms with van der Waals surface area (Å²) < 4.78 is 4.65. The van der Waals surface area contributed by atoms with Crippen LogP contribution in [0.4, 0.5) is 11.4 Å². The lowest BCUT2D eigenvalue weighted by molar-refractivity contribution is -0.411. The molecule has 0 saturated heterocycles. The summed E-state index contributed by atoms with van der Waals surface area (Å²) in [4.78, 5) is 2.82. The van der Waals surface area contributed by atoms with Gasteiger partial charge in [0.2, 0.25) is 11.4 Å². The van der Waals surface area contributed by atoms with Gasteiger partial charge in [-0.1, -0.05) is 102 Å². The number of rotatable bonds is 3. The van der Waals surface area contributed by atoms with Crippen molar-refractivity contribution < 1.29 is 9.15 Å². The van der Waals surface area contributed by atoms with Crippen LogP contribution in [0.1, 0.15) is 22.3 Å². The van der Waals surface area contributed by atoms with Crippen molar-refractivity contribution in [3.63, 3.8) is 0 Å². The Bertz CT molecular complexity index is 2030. The minimum atomic E-state index is 0.961. The van der Waals surface area contributed by atoms with Crippen molar-refractivity contribution in [2.45, 2.75) is 23.6 Å². The summed E-state index contributed by atoms with van der Waals surface area (Å²) in [6.45, 7) is 4.37. The first-order valence-corrected chi connectivity index (χ1v) is 16.9. The number of thioether (sulfide) groups is 2. The van der Waals surface area contributed by atoms with Crippen LogP contribution in [-0.2, 0) is 0 Å². The number of hydrogen-bond donors (Lipinski definition) is 0. The topological polar surface area (TPSA) is 6.02 Å². The van der Waals surface area contributed by atoms with E-state index in [4.69, 9.17) is 0 Å². The lowest BCUT2D eigenvalue weighted by Crippen LogP contribution is -2.13. The Morgan fingerprint density at radius 2 is 0.977 bits per heavy atom. The van der Waals surface area contributed by atoms with Crippen molar-refractivity contribution in [2.24, 2.45) is 0 Å². The Labute approximate surface area is 268 Å². The van der Waals surface area contributed by atoms with E-state index in [2.05, 4.69) is 169 Å². The number of benzene rings is 6. The third-order valence-electron chi connectivity index (χ3n) is 8.14. The average molecular weight is 607 g/mol. The largest absolute Gasteiger partial charge is 0.206 e. The molecule has 0 amide bonds. The third-order valence-corrected chi connectivity index (χ3v) is 10.6. The van der Waals surface area contributed by atoms with Crippen molar-refractivity contribution >= 4 is 58.1 Å². The highest BCUT2D eigenvalue weighted by molar-refractivity contribution is 7.99. The Kier molecular flexibility index (Phi) is 8.19. The Hall–Kier alpha value is -4.38. The molecule has 0 saturated carbocycles. The summed E-state index contributed by atoms with van der Waals surface area (Å²) in [6.07, 6.45) is 4.53. The number of aryl methyl sites for hydroxylation is 2. The predicted molar refractivity (Wildman–Crippen MR) is 190 cm³/mol. The van der Waals surface area contributed by atoms with Gasteiger partial charge >= 0.3 is 0 Å². The molecule has 8 rings (SSSR count). The van der Waals surface area contributed by atoms with Gasteiger partial charge in [0.1, 0.15) is 0 Å². The summed E-state index contributed by atoms with van der Waals surface area (Å²) in [5.41, 5.74) is 10.4.